The molecule has 0 amide bonds. The van der Waals surface area contributed by atoms with Crippen LogP contribution >= 0.6 is 0 Å². The van der Waals surface area contributed by atoms with Crippen molar-refractivity contribution in [3.8, 4) is 0 Å². The summed E-state index contributed by atoms with van der Waals surface area (Å²) in [6, 6.07) is 6.19. The molecule has 3 heterocycles. The zero-order valence-corrected chi connectivity index (χ0v) is 12.5. The minimum atomic E-state index is 0.153. The zero-order valence-electron chi connectivity index (χ0n) is 12.5. The number of fused-ring (bicyclic) bond motifs is 1. The van der Waals surface area contributed by atoms with Crippen LogP contribution in [0, 0.1) is 5.92 Å². The molecule has 21 heavy (non-hydrogen) atoms. The van der Waals surface area contributed by atoms with Gasteiger partial charge < -0.3 is 10.6 Å². The van der Waals surface area contributed by atoms with E-state index in [4.69, 9.17) is 0 Å². The third-order valence-corrected chi connectivity index (χ3v) is 3.84. The topological polar surface area (TPSA) is 62.7 Å². The molecular weight excluding hydrogens is 262 g/mol. The van der Waals surface area contributed by atoms with E-state index >= 15 is 0 Å². The van der Waals surface area contributed by atoms with E-state index in [9.17, 15) is 0 Å². The largest absolute Gasteiger partial charge is 0.361 e. The summed E-state index contributed by atoms with van der Waals surface area (Å²) in [5.41, 5.74) is 3.38. The Balaban J connectivity index is 1.90. The van der Waals surface area contributed by atoms with Gasteiger partial charge in [-0.05, 0) is 31.0 Å². The van der Waals surface area contributed by atoms with Gasteiger partial charge in [-0.25, -0.2) is 9.97 Å². The van der Waals surface area contributed by atoms with Crippen molar-refractivity contribution in [3.63, 3.8) is 0 Å². The van der Waals surface area contributed by atoms with Gasteiger partial charge in [-0.15, -0.1) is 0 Å². The van der Waals surface area contributed by atoms with Crippen molar-refractivity contribution < 1.29 is 0 Å². The van der Waals surface area contributed by atoms with Crippen LogP contribution in [-0.2, 0) is 13.0 Å². The molecule has 0 unspecified atom stereocenters. The molecule has 1 aliphatic heterocycles. The molecular formula is C16H21N5. The zero-order chi connectivity index (χ0) is 14.7. The Morgan fingerprint density at radius 2 is 2.10 bits per heavy atom. The molecule has 2 aromatic heterocycles. The van der Waals surface area contributed by atoms with Gasteiger partial charge in [0.05, 0.1) is 17.4 Å². The van der Waals surface area contributed by atoms with E-state index in [2.05, 4.69) is 45.5 Å². The van der Waals surface area contributed by atoms with E-state index in [0.29, 0.717) is 5.92 Å². The second-order valence-corrected chi connectivity index (χ2v) is 5.69. The highest BCUT2D eigenvalue weighted by molar-refractivity contribution is 5.48. The van der Waals surface area contributed by atoms with Gasteiger partial charge in [-0.3, -0.25) is 4.98 Å². The first-order chi connectivity index (χ1) is 10.3. The number of nitrogens with one attached hydrogen (secondary N) is 2. The maximum atomic E-state index is 4.49. The number of hydrogen-bond donors (Lipinski definition) is 2. The van der Waals surface area contributed by atoms with Crippen LogP contribution in [0.15, 0.2) is 30.7 Å². The monoisotopic (exact) mass is 283 g/mol. The maximum Gasteiger partial charge on any atom is 0.133 e. The van der Waals surface area contributed by atoms with Gasteiger partial charge in [-0.2, -0.15) is 0 Å². The molecule has 0 aliphatic carbocycles. The Kier molecular flexibility index (Phi) is 4.10. The average molecular weight is 283 g/mol. The summed E-state index contributed by atoms with van der Waals surface area (Å²) in [6.07, 6.45) is 4.45. The Morgan fingerprint density at radius 3 is 2.86 bits per heavy atom. The van der Waals surface area contributed by atoms with Crippen molar-refractivity contribution in [2.45, 2.75) is 32.9 Å². The van der Waals surface area contributed by atoms with Crippen LogP contribution < -0.4 is 10.6 Å². The lowest BCUT2D eigenvalue weighted by atomic mass is 9.99. The smallest absolute Gasteiger partial charge is 0.133 e. The van der Waals surface area contributed by atoms with Crippen LogP contribution in [0.3, 0.4) is 0 Å². The minimum absolute atomic E-state index is 0.153. The van der Waals surface area contributed by atoms with Crippen LogP contribution in [0.4, 0.5) is 5.82 Å². The first-order valence-corrected chi connectivity index (χ1v) is 7.46. The van der Waals surface area contributed by atoms with Crippen LogP contribution in [0.1, 0.15) is 36.8 Å². The second kappa shape index (κ2) is 6.18. The Labute approximate surface area is 125 Å². The molecule has 1 atom stereocenters. The highest BCUT2D eigenvalue weighted by atomic mass is 15.1. The lowest BCUT2D eigenvalue weighted by Gasteiger charge is -2.25. The highest BCUT2D eigenvalue weighted by Crippen LogP contribution is 2.27. The number of hydrogen-bond acceptors (Lipinski definition) is 5. The van der Waals surface area contributed by atoms with E-state index < -0.39 is 0 Å². The standard InChI is InChI=1S/C16H21N5/c1-11(2)15(13-5-3-4-7-18-13)21-16-12-6-8-17-9-14(12)19-10-20-16/h3-5,7,10-11,15,17H,6,8-9H2,1-2H3,(H,19,20,21)/t15-/m1/s1. The molecule has 0 radical (unpaired) electrons. The van der Waals surface area contributed by atoms with E-state index in [0.717, 1.165) is 36.7 Å². The highest BCUT2D eigenvalue weighted by Gasteiger charge is 2.21. The number of pyridine rings is 1. The van der Waals surface area contributed by atoms with E-state index in [1.807, 2.05) is 18.3 Å². The predicted molar refractivity (Wildman–Crippen MR) is 82.9 cm³/mol. The fourth-order valence-electron chi connectivity index (χ4n) is 2.70. The summed E-state index contributed by atoms with van der Waals surface area (Å²) in [5.74, 6) is 1.37. The van der Waals surface area contributed by atoms with Crippen LogP contribution in [0.5, 0.6) is 0 Å². The van der Waals surface area contributed by atoms with Gasteiger partial charge in [-0.1, -0.05) is 19.9 Å². The van der Waals surface area contributed by atoms with Crippen molar-refractivity contribution in [3.05, 3.63) is 47.7 Å². The molecule has 0 aromatic carbocycles. The Morgan fingerprint density at radius 1 is 1.19 bits per heavy atom. The molecule has 0 spiro atoms. The SMILES string of the molecule is CC(C)[C@@H](Nc1ncnc2c1CCNC2)c1ccccn1. The number of nitrogens with zero attached hydrogens (tertiary/aromatic N) is 3. The molecule has 0 saturated carbocycles. The first kappa shape index (κ1) is 13.9. The van der Waals surface area contributed by atoms with Gasteiger partial charge in [0.2, 0.25) is 0 Å². The fraction of sp³-hybridized carbons (Fsp3) is 0.438. The molecule has 1 aliphatic rings. The summed E-state index contributed by atoms with van der Waals surface area (Å²) >= 11 is 0. The van der Waals surface area contributed by atoms with Gasteiger partial charge in [0, 0.05) is 18.3 Å². The predicted octanol–water partition coefficient (Wildman–Crippen LogP) is 2.33. The number of aromatic nitrogens is 3. The van der Waals surface area contributed by atoms with Gasteiger partial charge in [0.15, 0.2) is 0 Å². The van der Waals surface area contributed by atoms with Crippen molar-refractivity contribution >= 4 is 5.82 Å². The molecule has 0 bridgehead atoms. The molecule has 5 nitrogen and oxygen atoms in total. The van der Waals surface area contributed by atoms with E-state index in [-0.39, 0.29) is 6.04 Å². The first-order valence-electron chi connectivity index (χ1n) is 7.46. The summed E-state index contributed by atoms with van der Waals surface area (Å²) < 4.78 is 0. The van der Waals surface area contributed by atoms with Crippen molar-refractivity contribution in [1.29, 1.82) is 0 Å². The normalized spacial score (nSPS) is 15.6. The molecule has 0 saturated heterocycles. The molecule has 2 aromatic rings. The lowest BCUT2D eigenvalue weighted by Crippen LogP contribution is -2.27. The minimum Gasteiger partial charge on any atom is -0.361 e. The molecule has 2 N–H and O–H groups in total. The Hall–Kier alpha value is -2.01. The van der Waals surface area contributed by atoms with Gasteiger partial charge in [0.1, 0.15) is 12.1 Å². The summed E-state index contributed by atoms with van der Waals surface area (Å²) in [5, 5.41) is 6.93. The molecule has 3 rings (SSSR count). The van der Waals surface area contributed by atoms with Gasteiger partial charge >= 0.3 is 0 Å². The molecule has 5 heteroatoms. The maximum absolute atomic E-state index is 4.49. The number of anilines is 1. The average Bonchev–Trinajstić information content (AvgIpc) is 2.53. The third kappa shape index (κ3) is 3.03. The summed E-state index contributed by atoms with van der Waals surface area (Å²) in [6.45, 7) is 6.19. The molecule has 0 fully saturated rings. The Bertz CT molecular complexity index is 597. The third-order valence-electron chi connectivity index (χ3n) is 3.84. The summed E-state index contributed by atoms with van der Waals surface area (Å²) in [7, 11) is 0. The van der Waals surface area contributed by atoms with E-state index in [1.54, 1.807) is 6.33 Å². The van der Waals surface area contributed by atoms with Crippen molar-refractivity contribution in [1.82, 2.24) is 20.3 Å². The van der Waals surface area contributed by atoms with Crippen LogP contribution in [0.25, 0.3) is 0 Å². The van der Waals surface area contributed by atoms with Crippen molar-refractivity contribution in [2.75, 3.05) is 11.9 Å². The quantitative estimate of drug-likeness (QED) is 0.901. The second-order valence-electron chi connectivity index (χ2n) is 5.69. The van der Waals surface area contributed by atoms with Crippen LogP contribution in [0.2, 0.25) is 0 Å². The van der Waals surface area contributed by atoms with E-state index in [1.165, 1.54) is 5.56 Å². The number of rotatable bonds is 4. The van der Waals surface area contributed by atoms with Crippen LogP contribution in [-0.4, -0.2) is 21.5 Å². The lowest BCUT2D eigenvalue weighted by molar-refractivity contribution is 0.530. The fourth-order valence-corrected chi connectivity index (χ4v) is 2.70. The van der Waals surface area contributed by atoms with Crippen molar-refractivity contribution in [2.24, 2.45) is 5.92 Å². The van der Waals surface area contributed by atoms with Gasteiger partial charge in [0.25, 0.3) is 0 Å². The molecule has 110 valence electrons. The summed E-state index contributed by atoms with van der Waals surface area (Å²) in [4.78, 5) is 13.3.